The number of amides is 3. The zero-order valence-corrected chi connectivity index (χ0v) is 14.9. The van der Waals surface area contributed by atoms with Crippen molar-refractivity contribution in [3.05, 3.63) is 29.3 Å². The van der Waals surface area contributed by atoms with Crippen LogP contribution < -0.4 is 10.1 Å². The molecule has 6 nitrogen and oxygen atoms in total. The van der Waals surface area contributed by atoms with Crippen LogP contribution in [0.4, 0.5) is 4.79 Å². The maximum Gasteiger partial charge on any atom is 0.325 e. The first-order chi connectivity index (χ1) is 11.9. The Morgan fingerprint density at radius 3 is 2.76 bits per heavy atom. The molecule has 1 aliphatic heterocycles. The second kappa shape index (κ2) is 6.50. The molecular weight excluding hydrogens is 320 g/mol. The lowest BCUT2D eigenvalue weighted by Crippen LogP contribution is -2.53. The summed E-state index contributed by atoms with van der Waals surface area (Å²) in [5, 5.41) is 2.94. The lowest BCUT2D eigenvalue weighted by molar-refractivity contribution is -0.134. The average molecular weight is 344 g/mol. The number of urea groups is 1. The summed E-state index contributed by atoms with van der Waals surface area (Å²) in [4.78, 5) is 38.5. The normalized spacial score (nSPS) is 26.0. The van der Waals surface area contributed by atoms with E-state index in [0.29, 0.717) is 23.3 Å². The van der Waals surface area contributed by atoms with Gasteiger partial charge in [-0.15, -0.1) is 0 Å². The Kier molecular flexibility index (Phi) is 4.54. The molecule has 2 atom stereocenters. The molecule has 3 rings (SSSR count). The maximum absolute atomic E-state index is 13.1. The fourth-order valence-electron chi connectivity index (χ4n) is 3.93. The highest BCUT2D eigenvalue weighted by Gasteiger charge is 2.54. The number of benzene rings is 1. The molecule has 134 valence electrons. The zero-order chi connectivity index (χ0) is 18.2. The summed E-state index contributed by atoms with van der Waals surface area (Å²) in [6, 6.07) is 4.70. The summed E-state index contributed by atoms with van der Waals surface area (Å²) in [5.74, 6) is 0.440. The van der Waals surface area contributed by atoms with Crippen molar-refractivity contribution in [1.29, 1.82) is 0 Å². The number of methoxy groups -OCH3 is 1. The molecule has 0 aromatic heterocycles. The topological polar surface area (TPSA) is 75.7 Å². The van der Waals surface area contributed by atoms with E-state index in [-0.39, 0.29) is 30.2 Å². The number of nitrogens with one attached hydrogen (secondary N) is 1. The molecule has 0 unspecified atom stereocenters. The Hall–Kier alpha value is -2.37. The van der Waals surface area contributed by atoms with Crippen LogP contribution in [0.1, 0.15) is 55.5 Å². The summed E-state index contributed by atoms with van der Waals surface area (Å²) < 4.78 is 5.34. The van der Waals surface area contributed by atoms with Gasteiger partial charge >= 0.3 is 6.03 Å². The standard InChI is InChI=1S/C19H24N2O4/c1-12-6-4-5-9-19(12)17(23)21(18(24)20-19)11-15-10-14(13(2)22)7-8-16(15)25-3/h7-8,10,12H,4-6,9,11H2,1-3H3,(H,20,24)/t12-,19+/m0/s1. The van der Waals surface area contributed by atoms with E-state index in [1.165, 1.54) is 18.9 Å². The Morgan fingerprint density at radius 2 is 2.12 bits per heavy atom. The Morgan fingerprint density at radius 1 is 1.36 bits per heavy atom. The predicted molar refractivity (Wildman–Crippen MR) is 92.4 cm³/mol. The molecule has 2 aliphatic rings. The number of imide groups is 1. The van der Waals surface area contributed by atoms with Crippen LogP contribution in [0.3, 0.4) is 0 Å². The molecule has 1 N–H and O–H groups in total. The predicted octanol–water partition coefficient (Wildman–Crippen LogP) is 2.90. The van der Waals surface area contributed by atoms with Crippen molar-refractivity contribution < 1.29 is 19.1 Å². The van der Waals surface area contributed by atoms with Crippen molar-refractivity contribution in [2.75, 3.05) is 7.11 Å². The minimum Gasteiger partial charge on any atom is -0.496 e. The average Bonchev–Trinajstić information content (AvgIpc) is 2.82. The van der Waals surface area contributed by atoms with Gasteiger partial charge in [0.05, 0.1) is 13.7 Å². The highest BCUT2D eigenvalue weighted by Crippen LogP contribution is 2.39. The number of Topliss-reactive ketones (excluding diaryl/α,β-unsaturated/α-hetero) is 1. The van der Waals surface area contributed by atoms with Gasteiger partial charge in [-0.1, -0.05) is 19.8 Å². The quantitative estimate of drug-likeness (QED) is 0.673. The van der Waals surface area contributed by atoms with Crippen molar-refractivity contribution in [3.8, 4) is 5.75 Å². The smallest absolute Gasteiger partial charge is 0.325 e. The van der Waals surface area contributed by atoms with Crippen LogP contribution in [0, 0.1) is 5.92 Å². The Balaban J connectivity index is 1.90. The number of carbonyl (C=O) groups is 3. The summed E-state index contributed by atoms with van der Waals surface area (Å²) in [7, 11) is 1.53. The third kappa shape index (κ3) is 2.90. The van der Waals surface area contributed by atoms with Gasteiger partial charge in [-0.05, 0) is 43.9 Å². The van der Waals surface area contributed by atoms with Gasteiger partial charge in [-0.2, -0.15) is 0 Å². The minimum absolute atomic E-state index is 0.0709. The fraction of sp³-hybridized carbons (Fsp3) is 0.526. The van der Waals surface area contributed by atoms with Crippen LogP contribution in [0.25, 0.3) is 0 Å². The molecule has 1 heterocycles. The molecular formula is C19H24N2O4. The third-order valence-corrected chi connectivity index (χ3v) is 5.52. The molecule has 2 fully saturated rings. The van der Waals surface area contributed by atoms with E-state index in [9.17, 15) is 14.4 Å². The second-order valence-corrected chi connectivity index (χ2v) is 7.02. The molecule has 6 heteroatoms. The number of ether oxygens (including phenoxy) is 1. The van der Waals surface area contributed by atoms with Gasteiger partial charge in [-0.3, -0.25) is 14.5 Å². The summed E-state index contributed by atoms with van der Waals surface area (Å²) in [6.07, 6.45) is 3.64. The van der Waals surface area contributed by atoms with Gasteiger partial charge in [0.1, 0.15) is 11.3 Å². The fourth-order valence-corrected chi connectivity index (χ4v) is 3.93. The number of hydrogen-bond acceptors (Lipinski definition) is 4. The summed E-state index contributed by atoms with van der Waals surface area (Å²) in [6.45, 7) is 3.61. The highest BCUT2D eigenvalue weighted by molar-refractivity contribution is 6.07. The van der Waals surface area contributed by atoms with Crippen LogP contribution in [0.2, 0.25) is 0 Å². The van der Waals surface area contributed by atoms with E-state index in [1.807, 2.05) is 6.92 Å². The lowest BCUT2D eigenvalue weighted by atomic mass is 9.73. The number of hydrogen-bond donors (Lipinski definition) is 1. The molecule has 3 amide bonds. The van der Waals surface area contributed by atoms with Gasteiger partial charge in [0, 0.05) is 11.1 Å². The van der Waals surface area contributed by atoms with Gasteiger partial charge in [-0.25, -0.2) is 4.79 Å². The minimum atomic E-state index is -0.777. The molecule has 1 spiro atoms. The van der Waals surface area contributed by atoms with E-state index in [1.54, 1.807) is 18.2 Å². The van der Waals surface area contributed by atoms with Crippen LogP contribution in [0.15, 0.2) is 18.2 Å². The maximum atomic E-state index is 13.1. The van der Waals surface area contributed by atoms with E-state index in [2.05, 4.69) is 5.32 Å². The largest absolute Gasteiger partial charge is 0.496 e. The van der Waals surface area contributed by atoms with Crippen molar-refractivity contribution in [1.82, 2.24) is 10.2 Å². The van der Waals surface area contributed by atoms with Crippen molar-refractivity contribution >= 4 is 17.7 Å². The molecule has 1 saturated heterocycles. The Bertz CT molecular complexity index is 730. The van der Waals surface area contributed by atoms with Gasteiger partial charge in [0.25, 0.3) is 5.91 Å². The molecule has 0 radical (unpaired) electrons. The van der Waals surface area contributed by atoms with E-state index < -0.39 is 5.54 Å². The van der Waals surface area contributed by atoms with Gasteiger partial charge in [0.15, 0.2) is 5.78 Å². The van der Waals surface area contributed by atoms with Crippen LogP contribution in [-0.4, -0.2) is 35.3 Å². The number of carbonyl (C=O) groups excluding carboxylic acids is 3. The van der Waals surface area contributed by atoms with Gasteiger partial charge < -0.3 is 10.1 Å². The van der Waals surface area contributed by atoms with Crippen LogP contribution >= 0.6 is 0 Å². The molecule has 1 aromatic carbocycles. The number of rotatable bonds is 4. The molecule has 1 saturated carbocycles. The first kappa shape index (κ1) is 17.5. The number of ketones is 1. The monoisotopic (exact) mass is 344 g/mol. The zero-order valence-electron chi connectivity index (χ0n) is 14.9. The third-order valence-electron chi connectivity index (χ3n) is 5.52. The SMILES string of the molecule is COc1ccc(C(C)=O)cc1CN1C(=O)N[C@@]2(CCCC[C@@H]2C)C1=O. The number of nitrogens with zero attached hydrogens (tertiary/aromatic N) is 1. The Labute approximate surface area is 147 Å². The van der Waals surface area contributed by atoms with E-state index in [0.717, 1.165) is 19.3 Å². The molecule has 0 bridgehead atoms. The van der Waals surface area contributed by atoms with Crippen LogP contribution in [-0.2, 0) is 11.3 Å². The van der Waals surface area contributed by atoms with E-state index >= 15 is 0 Å². The summed E-state index contributed by atoms with van der Waals surface area (Å²) in [5.41, 5.74) is 0.406. The van der Waals surface area contributed by atoms with Crippen molar-refractivity contribution in [3.63, 3.8) is 0 Å². The molecule has 1 aliphatic carbocycles. The van der Waals surface area contributed by atoms with Crippen LogP contribution in [0.5, 0.6) is 5.75 Å². The second-order valence-electron chi connectivity index (χ2n) is 7.02. The summed E-state index contributed by atoms with van der Waals surface area (Å²) >= 11 is 0. The van der Waals surface area contributed by atoms with Gasteiger partial charge in [0.2, 0.25) is 0 Å². The molecule has 1 aromatic rings. The lowest BCUT2D eigenvalue weighted by Gasteiger charge is -2.36. The van der Waals surface area contributed by atoms with Crippen molar-refractivity contribution in [2.45, 2.75) is 51.6 Å². The highest BCUT2D eigenvalue weighted by atomic mass is 16.5. The van der Waals surface area contributed by atoms with E-state index in [4.69, 9.17) is 4.74 Å². The first-order valence-electron chi connectivity index (χ1n) is 8.71. The molecule has 25 heavy (non-hydrogen) atoms. The van der Waals surface area contributed by atoms with Crippen molar-refractivity contribution in [2.24, 2.45) is 5.92 Å². The first-order valence-corrected chi connectivity index (χ1v) is 8.71.